The van der Waals surface area contributed by atoms with Gasteiger partial charge in [-0.1, -0.05) is 17.7 Å². The number of ether oxygens (including phenoxy) is 1. The molecule has 1 aliphatic heterocycles. The number of piperazine rings is 1. The molecule has 0 N–H and O–H groups in total. The monoisotopic (exact) mass is 396 g/mol. The first-order chi connectivity index (χ1) is 13.6. The van der Waals surface area contributed by atoms with Crippen LogP contribution in [0.25, 0.3) is 5.69 Å². The first-order valence-electron chi connectivity index (χ1n) is 9.35. The van der Waals surface area contributed by atoms with E-state index in [4.69, 9.17) is 17.0 Å². The maximum Gasteiger partial charge on any atom is 0.221 e. The zero-order chi connectivity index (χ0) is 19.5. The molecular weight excluding hydrogens is 372 g/mol. The Morgan fingerprint density at radius 2 is 1.54 bits per heavy atom. The fourth-order valence-electron chi connectivity index (χ4n) is 3.34. The number of anilines is 1. The van der Waals surface area contributed by atoms with Crippen LogP contribution in [0.15, 0.2) is 48.5 Å². The van der Waals surface area contributed by atoms with Gasteiger partial charge in [-0.15, -0.1) is 0 Å². The summed E-state index contributed by atoms with van der Waals surface area (Å²) in [5.74, 6) is 0.883. The van der Waals surface area contributed by atoms with E-state index in [2.05, 4.69) is 51.4 Å². The lowest BCUT2D eigenvalue weighted by atomic mass is 10.2. The highest BCUT2D eigenvalue weighted by atomic mass is 32.1. The van der Waals surface area contributed by atoms with Gasteiger partial charge in [-0.25, -0.2) is 4.68 Å². The maximum absolute atomic E-state index is 5.58. The van der Waals surface area contributed by atoms with Gasteiger partial charge in [0.15, 0.2) is 0 Å². The molecule has 146 valence electrons. The van der Waals surface area contributed by atoms with Crippen molar-refractivity contribution in [1.29, 1.82) is 0 Å². The van der Waals surface area contributed by atoms with Crippen LogP contribution >= 0.6 is 12.2 Å². The Morgan fingerprint density at radius 1 is 0.893 bits per heavy atom. The van der Waals surface area contributed by atoms with Gasteiger partial charge < -0.3 is 9.64 Å². The number of benzene rings is 2. The molecule has 0 spiro atoms. The lowest BCUT2D eigenvalue weighted by molar-refractivity contribution is 0.193. The van der Waals surface area contributed by atoms with Crippen LogP contribution in [0.2, 0.25) is 0 Å². The van der Waals surface area contributed by atoms with Crippen molar-refractivity contribution in [2.45, 2.75) is 13.6 Å². The normalized spacial score (nSPS) is 15.0. The van der Waals surface area contributed by atoms with Crippen LogP contribution in [0.1, 0.15) is 5.56 Å². The lowest BCUT2D eigenvalue weighted by Gasteiger charge is -2.35. The third-order valence-corrected chi connectivity index (χ3v) is 5.45. The molecule has 2 heterocycles. The van der Waals surface area contributed by atoms with Crippen molar-refractivity contribution >= 4 is 17.9 Å². The van der Waals surface area contributed by atoms with E-state index >= 15 is 0 Å². The standard InChI is InChI=1S/C20H24N6OS/c1-16-3-5-18(6-4-16)26-20(28)25(21-22-26)15-23-11-13-24(14-12-23)17-7-9-19(27-2)10-8-17/h3-10H,11-15H2,1-2H3. The molecule has 0 bridgehead atoms. The van der Waals surface area contributed by atoms with Crippen molar-refractivity contribution in [3.63, 3.8) is 0 Å². The molecule has 1 aromatic heterocycles. The largest absolute Gasteiger partial charge is 0.497 e. The lowest BCUT2D eigenvalue weighted by Crippen LogP contribution is -2.47. The summed E-state index contributed by atoms with van der Waals surface area (Å²) >= 11 is 5.58. The third kappa shape index (κ3) is 3.93. The summed E-state index contributed by atoms with van der Waals surface area (Å²) in [4.78, 5) is 4.74. The molecule has 0 atom stereocenters. The Balaban J connectivity index is 1.38. The second kappa shape index (κ2) is 8.12. The molecule has 3 aromatic rings. The topological polar surface area (TPSA) is 51.4 Å². The van der Waals surface area contributed by atoms with Gasteiger partial charge >= 0.3 is 0 Å². The number of hydrogen-bond donors (Lipinski definition) is 0. The number of methoxy groups -OCH3 is 1. The van der Waals surface area contributed by atoms with E-state index in [1.165, 1.54) is 11.3 Å². The molecule has 0 aliphatic carbocycles. The number of aromatic nitrogens is 4. The number of rotatable bonds is 5. The van der Waals surface area contributed by atoms with Crippen molar-refractivity contribution in [3.8, 4) is 11.4 Å². The predicted octanol–water partition coefficient (Wildman–Crippen LogP) is 2.90. The predicted molar refractivity (Wildman–Crippen MR) is 112 cm³/mol. The van der Waals surface area contributed by atoms with Gasteiger partial charge in [0.25, 0.3) is 0 Å². The summed E-state index contributed by atoms with van der Waals surface area (Å²) in [6.45, 7) is 6.54. The van der Waals surface area contributed by atoms with Gasteiger partial charge in [0, 0.05) is 31.9 Å². The van der Waals surface area contributed by atoms with Crippen molar-refractivity contribution in [3.05, 3.63) is 58.9 Å². The average molecular weight is 397 g/mol. The number of nitrogens with zero attached hydrogens (tertiary/aromatic N) is 6. The molecule has 7 nitrogen and oxygen atoms in total. The third-order valence-electron chi connectivity index (χ3n) is 5.06. The summed E-state index contributed by atoms with van der Waals surface area (Å²) in [6.07, 6.45) is 0. The van der Waals surface area contributed by atoms with Crippen LogP contribution < -0.4 is 9.64 Å². The highest BCUT2D eigenvalue weighted by Gasteiger charge is 2.18. The summed E-state index contributed by atoms with van der Waals surface area (Å²) in [6, 6.07) is 16.4. The summed E-state index contributed by atoms with van der Waals surface area (Å²) in [7, 11) is 1.69. The van der Waals surface area contributed by atoms with Crippen LogP contribution in [0.5, 0.6) is 5.75 Å². The minimum absolute atomic E-state index is 0.612. The minimum Gasteiger partial charge on any atom is -0.497 e. The van der Waals surface area contributed by atoms with E-state index in [9.17, 15) is 0 Å². The average Bonchev–Trinajstić information content (AvgIpc) is 3.09. The summed E-state index contributed by atoms with van der Waals surface area (Å²) < 4.78 is 9.35. The van der Waals surface area contributed by atoms with E-state index < -0.39 is 0 Å². The Bertz CT molecular complexity index is 971. The molecule has 1 fully saturated rings. The van der Waals surface area contributed by atoms with Gasteiger partial charge in [0.2, 0.25) is 4.77 Å². The smallest absolute Gasteiger partial charge is 0.221 e. The molecule has 0 radical (unpaired) electrons. The highest BCUT2D eigenvalue weighted by molar-refractivity contribution is 7.71. The molecule has 28 heavy (non-hydrogen) atoms. The van der Waals surface area contributed by atoms with E-state index in [-0.39, 0.29) is 0 Å². The van der Waals surface area contributed by atoms with Crippen LogP contribution in [0.3, 0.4) is 0 Å². The zero-order valence-electron chi connectivity index (χ0n) is 16.2. The van der Waals surface area contributed by atoms with Crippen molar-refractivity contribution in [2.75, 3.05) is 38.2 Å². The molecule has 0 saturated carbocycles. The van der Waals surface area contributed by atoms with Crippen LogP contribution in [0.4, 0.5) is 5.69 Å². The van der Waals surface area contributed by atoms with Crippen molar-refractivity contribution in [1.82, 2.24) is 24.7 Å². The Labute approximate surface area is 169 Å². The maximum atomic E-state index is 5.58. The second-order valence-corrected chi connectivity index (χ2v) is 7.32. The van der Waals surface area contributed by atoms with Gasteiger partial charge in [-0.2, -0.15) is 4.68 Å². The first kappa shape index (κ1) is 18.6. The molecule has 1 aliphatic rings. The SMILES string of the molecule is COc1ccc(N2CCN(Cn3nnn(-c4ccc(C)cc4)c3=S)CC2)cc1. The van der Waals surface area contributed by atoms with Gasteiger partial charge in [-0.3, -0.25) is 4.90 Å². The molecule has 4 rings (SSSR count). The first-order valence-corrected chi connectivity index (χ1v) is 9.76. The molecule has 0 unspecified atom stereocenters. The molecule has 1 saturated heterocycles. The second-order valence-electron chi connectivity index (χ2n) is 6.95. The Kier molecular flexibility index (Phi) is 5.40. The Morgan fingerprint density at radius 3 is 2.18 bits per heavy atom. The van der Waals surface area contributed by atoms with Crippen LogP contribution in [0, 0.1) is 11.7 Å². The Hall–Kier alpha value is -2.71. The van der Waals surface area contributed by atoms with Crippen LogP contribution in [-0.4, -0.2) is 58.0 Å². The van der Waals surface area contributed by atoms with Crippen LogP contribution in [-0.2, 0) is 6.67 Å². The van der Waals surface area contributed by atoms with E-state index in [0.717, 1.165) is 37.6 Å². The molecule has 0 amide bonds. The van der Waals surface area contributed by atoms with E-state index in [1.54, 1.807) is 16.5 Å². The number of aryl methyl sites for hydroxylation is 1. The van der Waals surface area contributed by atoms with E-state index in [1.807, 2.05) is 24.3 Å². The zero-order valence-corrected chi connectivity index (χ0v) is 17.0. The van der Waals surface area contributed by atoms with E-state index in [0.29, 0.717) is 11.4 Å². The van der Waals surface area contributed by atoms with Gasteiger partial charge in [0.1, 0.15) is 5.75 Å². The number of tetrazole rings is 1. The summed E-state index contributed by atoms with van der Waals surface area (Å²) in [5.41, 5.74) is 3.37. The quantitative estimate of drug-likeness (QED) is 0.618. The van der Waals surface area contributed by atoms with Crippen molar-refractivity contribution < 1.29 is 4.74 Å². The molecule has 2 aromatic carbocycles. The summed E-state index contributed by atoms with van der Waals surface area (Å²) in [5, 5.41) is 8.50. The van der Waals surface area contributed by atoms with Gasteiger partial charge in [-0.05, 0) is 66.0 Å². The fraction of sp³-hybridized carbons (Fsp3) is 0.350. The number of hydrogen-bond acceptors (Lipinski definition) is 6. The minimum atomic E-state index is 0.612. The van der Waals surface area contributed by atoms with Crippen molar-refractivity contribution in [2.24, 2.45) is 0 Å². The van der Waals surface area contributed by atoms with Gasteiger partial charge in [0.05, 0.1) is 19.5 Å². The molecule has 8 heteroatoms. The molecular formula is C20H24N6OS. The highest BCUT2D eigenvalue weighted by Crippen LogP contribution is 2.20. The fourth-order valence-corrected chi connectivity index (χ4v) is 3.58.